The van der Waals surface area contributed by atoms with Crippen LogP contribution in [0.15, 0.2) is 24.3 Å². The second-order valence-corrected chi connectivity index (χ2v) is 5.08. The maximum atomic E-state index is 6.05. The fourth-order valence-electron chi connectivity index (χ4n) is 2.19. The summed E-state index contributed by atoms with van der Waals surface area (Å²) in [7, 11) is 4.23. The van der Waals surface area contributed by atoms with Crippen molar-refractivity contribution in [1.29, 1.82) is 0 Å². The molecule has 0 fully saturated rings. The molecule has 0 spiro atoms. The molecule has 0 radical (unpaired) electrons. The van der Waals surface area contributed by atoms with Gasteiger partial charge >= 0.3 is 0 Å². The molecule has 0 aliphatic rings. The van der Waals surface area contributed by atoms with Crippen LogP contribution in [0.3, 0.4) is 0 Å². The standard InChI is InChI=1S/C15H27N3/c1-5-18(12-8-11-17(3)4)15-10-7-6-9-14(15)13(2)16/h6-7,9-10,13H,5,8,11-12,16H2,1-4H3/t13-/m0/s1. The Labute approximate surface area is 112 Å². The number of benzene rings is 1. The Balaban J connectivity index is 2.75. The molecule has 3 heteroatoms. The second kappa shape index (κ2) is 7.39. The second-order valence-electron chi connectivity index (χ2n) is 5.08. The largest absolute Gasteiger partial charge is 0.371 e. The molecule has 0 unspecified atom stereocenters. The number of anilines is 1. The van der Waals surface area contributed by atoms with E-state index in [1.165, 1.54) is 17.7 Å². The zero-order valence-corrected chi connectivity index (χ0v) is 12.2. The molecule has 0 aliphatic carbocycles. The van der Waals surface area contributed by atoms with Crippen molar-refractivity contribution in [3.05, 3.63) is 29.8 Å². The lowest BCUT2D eigenvalue weighted by Gasteiger charge is -2.27. The van der Waals surface area contributed by atoms with Gasteiger partial charge in [-0.1, -0.05) is 18.2 Å². The summed E-state index contributed by atoms with van der Waals surface area (Å²) in [6, 6.07) is 8.56. The minimum Gasteiger partial charge on any atom is -0.371 e. The topological polar surface area (TPSA) is 32.5 Å². The Morgan fingerprint density at radius 2 is 1.83 bits per heavy atom. The number of para-hydroxylation sites is 1. The third-order valence-corrected chi connectivity index (χ3v) is 3.18. The van der Waals surface area contributed by atoms with Crippen LogP contribution in [-0.4, -0.2) is 38.6 Å². The highest BCUT2D eigenvalue weighted by Gasteiger charge is 2.11. The van der Waals surface area contributed by atoms with Crippen LogP contribution < -0.4 is 10.6 Å². The van der Waals surface area contributed by atoms with Gasteiger partial charge in [-0.15, -0.1) is 0 Å². The maximum Gasteiger partial charge on any atom is 0.0414 e. The third-order valence-electron chi connectivity index (χ3n) is 3.18. The first-order valence-corrected chi connectivity index (χ1v) is 6.80. The number of hydrogen-bond acceptors (Lipinski definition) is 3. The van der Waals surface area contributed by atoms with Gasteiger partial charge in [0.2, 0.25) is 0 Å². The van der Waals surface area contributed by atoms with Gasteiger partial charge in [-0.2, -0.15) is 0 Å². The Bertz CT molecular complexity index is 347. The highest BCUT2D eigenvalue weighted by atomic mass is 15.1. The molecule has 1 atom stereocenters. The SMILES string of the molecule is CCN(CCCN(C)C)c1ccccc1[C@H](C)N. The summed E-state index contributed by atoms with van der Waals surface area (Å²) in [5.41, 5.74) is 8.57. The fourth-order valence-corrected chi connectivity index (χ4v) is 2.19. The summed E-state index contributed by atoms with van der Waals surface area (Å²) in [6.07, 6.45) is 1.17. The normalized spacial score (nSPS) is 12.8. The van der Waals surface area contributed by atoms with E-state index in [2.05, 4.69) is 55.1 Å². The van der Waals surface area contributed by atoms with Crippen LogP contribution in [0.25, 0.3) is 0 Å². The van der Waals surface area contributed by atoms with Crippen molar-refractivity contribution < 1.29 is 0 Å². The molecule has 3 nitrogen and oxygen atoms in total. The number of nitrogens with two attached hydrogens (primary N) is 1. The van der Waals surface area contributed by atoms with E-state index >= 15 is 0 Å². The van der Waals surface area contributed by atoms with Crippen LogP contribution >= 0.6 is 0 Å². The van der Waals surface area contributed by atoms with Gasteiger partial charge in [0.15, 0.2) is 0 Å². The van der Waals surface area contributed by atoms with E-state index in [0.717, 1.165) is 19.6 Å². The first kappa shape index (κ1) is 15.0. The highest BCUT2D eigenvalue weighted by molar-refractivity contribution is 5.54. The van der Waals surface area contributed by atoms with E-state index in [-0.39, 0.29) is 6.04 Å². The number of hydrogen-bond donors (Lipinski definition) is 1. The smallest absolute Gasteiger partial charge is 0.0414 e. The molecule has 0 bridgehead atoms. The van der Waals surface area contributed by atoms with Crippen molar-refractivity contribution in [2.24, 2.45) is 5.73 Å². The predicted molar refractivity (Wildman–Crippen MR) is 80.1 cm³/mol. The Kier molecular flexibility index (Phi) is 6.16. The average molecular weight is 249 g/mol. The van der Waals surface area contributed by atoms with E-state index in [1.54, 1.807) is 0 Å². The molecule has 102 valence electrons. The van der Waals surface area contributed by atoms with Crippen LogP contribution in [0.1, 0.15) is 31.9 Å². The summed E-state index contributed by atoms with van der Waals surface area (Å²) in [5.74, 6) is 0. The van der Waals surface area contributed by atoms with Crippen molar-refractivity contribution in [3.8, 4) is 0 Å². The first-order chi connectivity index (χ1) is 8.56. The molecule has 18 heavy (non-hydrogen) atoms. The molecule has 2 N–H and O–H groups in total. The third kappa shape index (κ3) is 4.31. The molecular formula is C15H27N3. The highest BCUT2D eigenvalue weighted by Crippen LogP contribution is 2.24. The van der Waals surface area contributed by atoms with Gasteiger partial charge in [-0.3, -0.25) is 0 Å². The first-order valence-electron chi connectivity index (χ1n) is 6.80. The van der Waals surface area contributed by atoms with E-state index in [1.807, 2.05) is 6.92 Å². The maximum absolute atomic E-state index is 6.05. The molecule has 1 aromatic rings. The molecule has 1 rings (SSSR count). The summed E-state index contributed by atoms with van der Waals surface area (Å²) in [6.45, 7) is 7.48. The summed E-state index contributed by atoms with van der Waals surface area (Å²) >= 11 is 0. The number of nitrogens with zero attached hydrogens (tertiary/aromatic N) is 2. The van der Waals surface area contributed by atoms with Crippen molar-refractivity contribution in [3.63, 3.8) is 0 Å². The summed E-state index contributed by atoms with van der Waals surface area (Å²) < 4.78 is 0. The van der Waals surface area contributed by atoms with Crippen LogP contribution in [0, 0.1) is 0 Å². The van der Waals surface area contributed by atoms with Gasteiger partial charge in [-0.05, 0) is 52.5 Å². The Hall–Kier alpha value is -1.06. The van der Waals surface area contributed by atoms with Crippen LogP contribution in [-0.2, 0) is 0 Å². The lowest BCUT2D eigenvalue weighted by atomic mass is 10.1. The van der Waals surface area contributed by atoms with Crippen LogP contribution in [0.5, 0.6) is 0 Å². The molecule has 0 saturated carbocycles. The average Bonchev–Trinajstić information content (AvgIpc) is 2.34. The van der Waals surface area contributed by atoms with Gasteiger partial charge in [-0.25, -0.2) is 0 Å². The molecule has 0 amide bonds. The van der Waals surface area contributed by atoms with E-state index in [4.69, 9.17) is 5.73 Å². The van der Waals surface area contributed by atoms with Gasteiger partial charge in [0.05, 0.1) is 0 Å². The van der Waals surface area contributed by atoms with Gasteiger partial charge in [0.1, 0.15) is 0 Å². The zero-order chi connectivity index (χ0) is 13.5. The van der Waals surface area contributed by atoms with Gasteiger partial charge in [0, 0.05) is 24.8 Å². The Morgan fingerprint density at radius 3 is 2.39 bits per heavy atom. The van der Waals surface area contributed by atoms with E-state index < -0.39 is 0 Å². The van der Waals surface area contributed by atoms with Gasteiger partial charge in [0.25, 0.3) is 0 Å². The minimum absolute atomic E-state index is 0.0871. The van der Waals surface area contributed by atoms with Crippen LogP contribution in [0.2, 0.25) is 0 Å². The van der Waals surface area contributed by atoms with E-state index in [0.29, 0.717) is 0 Å². The zero-order valence-electron chi connectivity index (χ0n) is 12.2. The summed E-state index contributed by atoms with van der Waals surface area (Å²) in [5, 5.41) is 0. The van der Waals surface area contributed by atoms with Gasteiger partial charge < -0.3 is 15.5 Å². The van der Waals surface area contributed by atoms with Crippen molar-refractivity contribution >= 4 is 5.69 Å². The number of rotatable bonds is 7. The predicted octanol–water partition coefficient (Wildman–Crippen LogP) is 2.48. The molecule has 1 aromatic carbocycles. The lowest BCUT2D eigenvalue weighted by molar-refractivity contribution is 0.400. The summed E-state index contributed by atoms with van der Waals surface area (Å²) in [4.78, 5) is 4.65. The fraction of sp³-hybridized carbons (Fsp3) is 0.600. The monoisotopic (exact) mass is 249 g/mol. The van der Waals surface area contributed by atoms with E-state index in [9.17, 15) is 0 Å². The quantitative estimate of drug-likeness (QED) is 0.806. The van der Waals surface area contributed by atoms with Crippen molar-refractivity contribution in [1.82, 2.24) is 4.90 Å². The van der Waals surface area contributed by atoms with Crippen molar-refractivity contribution in [2.45, 2.75) is 26.3 Å². The molecule has 0 aliphatic heterocycles. The Morgan fingerprint density at radius 1 is 1.17 bits per heavy atom. The van der Waals surface area contributed by atoms with Crippen LogP contribution in [0.4, 0.5) is 5.69 Å². The minimum atomic E-state index is 0.0871. The lowest BCUT2D eigenvalue weighted by Crippen LogP contribution is -2.28. The molecule has 0 saturated heterocycles. The van der Waals surface area contributed by atoms with Crippen molar-refractivity contribution in [2.75, 3.05) is 38.6 Å². The molecular weight excluding hydrogens is 222 g/mol. The molecule has 0 heterocycles. The molecule has 0 aromatic heterocycles.